The Morgan fingerprint density at radius 3 is 1.94 bits per heavy atom. The van der Waals surface area contributed by atoms with Gasteiger partial charge in [0, 0.05) is 0 Å². The fourth-order valence-electron chi connectivity index (χ4n) is 1.18. The maximum absolute atomic E-state index is 5.68. The number of benzene rings is 2. The van der Waals surface area contributed by atoms with Gasteiger partial charge in [-0.3, -0.25) is 4.52 Å². The van der Waals surface area contributed by atoms with Gasteiger partial charge in [-0.1, -0.05) is 36.4 Å². The van der Waals surface area contributed by atoms with E-state index >= 15 is 0 Å². The SMILES string of the molecule is S=[P+](Oc1ccccc1)c1ccccc1.[H-].[Na+]. The molecule has 1 unspecified atom stereocenters. The van der Waals surface area contributed by atoms with E-state index in [0.29, 0.717) is 0 Å². The van der Waals surface area contributed by atoms with Gasteiger partial charge < -0.3 is 1.43 Å². The van der Waals surface area contributed by atoms with E-state index in [9.17, 15) is 0 Å². The van der Waals surface area contributed by atoms with Crippen LogP contribution in [0.3, 0.4) is 0 Å². The fourth-order valence-corrected chi connectivity index (χ4v) is 2.64. The van der Waals surface area contributed by atoms with Crippen LogP contribution in [0.1, 0.15) is 1.43 Å². The van der Waals surface area contributed by atoms with Crippen molar-refractivity contribution in [1.29, 1.82) is 0 Å². The Bertz CT molecular complexity index is 453. The maximum Gasteiger partial charge on any atom is 1.00 e. The van der Waals surface area contributed by atoms with E-state index in [0.717, 1.165) is 11.1 Å². The Hall–Kier alpha value is -0.240. The summed E-state index contributed by atoms with van der Waals surface area (Å²) in [6, 6.07) is 19.6. The van der Waals surface area contributed by atoms with E-state index in [-0.39, 0.29) is 31.0 Å². The minimum atomic E-state index is -0.969. The Balaban J connectivity index is 0.00000128. The van der Waals surface area contributed by atoms with Crippen LogP contribution in [0.25, 0.3) is 0 Å². The summed E-state index contributed by atoms with van der Waals surface area (Å²) in [5, 5.41) is 1.08. The van der Waals surface area contributed by atoms with Crippen molar-refractivity contribution in [3.05, 3.63) is 60.7 Å². The molecule has 1 atom stereocenters. The zero-order valence-electron chi connectivity index (χ0n) is 10.0. The van der Waals surface area contributed by atoms with E-state index in [2.05, 4.69) is 0 Å². The molecule has 76 valence electrons. The Labute approximate surface area is 125 Å². The number of hydrogen-bond acceptors (Lipinski definition) is 2. The van der Waals surface area contributed by atoms with E-state index in [1.54, 1.807) is 0 Å². The van der Waals surface area contributed by atoms with Crippen LogP contribution in [0.5, 0.6) is 5.75 Å². The average molecular weight is 257 g/mol. The smallest absolute Gasteiger partial charge is 1.00 e. The third-order valence-corrected chi connectivity index (χ3v) is 3.85. The summed E-state index contributed by atoms with van der Waals surface area (Å²) in [4.78, 5) is 0. The van der Waals surface area contributed by atoms with Crippen LogP contribution in [-0.4, -0.2) is 0 Å². The van der Waals surface area contributed by atoms with Crippen molar-refractivity contribution in [2.24, 2.45) is 0 Å². The van der Waals surface area contributed by atoms with Crippen molar-refractivity contribution >= 4 is 24.0 Å². The van der Waals surface area contributed by atoms with Crippen molar-refractivity contribution in [1.82, 2.24) is 0 Å². The second-order valence-electron chi connectivity index (χ2n) is 3.00. The van der Waals surface area contributed by atoms with E-state index in [4.69, 9.17) is 16.3 Å². The van der Waals surface area contributed by atoms with Crippen LogP contribution in [-0.2, 0) is 11.8 Å². The van der Waals surface area contributed by atoms with Crippen molar-refractivity contribution in [2.75, 3.05) is 0 Å². The Morgan fingerprint density at radius 1 is 0.875 bits per heavy atom. The first-order valence-corrected chi connectivity index (χ1v) is 6.89. The Kier molecular flexibility index (Phi) is 6.18. The molecule has 4 heteroatoms. The van der Waals surface area contributed by atoms with Crippen molar-refractivity contribution in [3.8, 4) is 5.75 Å². The molecular weight excluding hydrogens is 246 g/mol. The molecular formula is C12H11NaOPS+. The number of para-hydroxylation sites is 1. The van der Waals surface area contributed by atoms with Gasteiger partial charge in [-0.2, -0.15) is 0 Å². The minimum Gasteiger partial charge on any atom is -1.00 e. The molecule has 0 aliphatic heterocycles. The second kappa shape index (κ2) is 7.16. The van der Waals surface area contributed by atoms with Gasteiger partial charge in [0.25, 0.3) is 0 Å². The molecule has 0 spiro atoms. The topological polar surface area (TPSA) is 9.23 Å². The maximum atomic E-state index is 5.68. The molecule has 0 aliphatic rings. The fraction of sp³-hybridized carbons (Fsp3) is 0. The van der Waals surface area contributed by atoms with E-state index < -0.39 is 6.92 Å². The van der Waals surface area contributed by atoms with Crippen LogP contribution < -0.4 is 39.4 Å². The molecule has 0 heterocycles. The van der Waals surface area contributed by atoms with Gasteiger partial charge in [-0.05, 0) is 24.3 Å². The predicted molar refractivity (Wildman–Crippen MR) is 68.5 cm³/mol. The van der Waals surface area contributed by atoms with E-state index in [1.807, 2.05) is 60.7 Å². The van der Waals surface area contributed by atoms with Gasteiger partial charge in [0.15, 0.2) is 5.75 Å². The summed E-state index contributed by atoms with van der Waals surface area (Å²) in [6.45, 7) is -0.969. The molecule has 2 rings (SSSR count). The number of hydrogen-bond donors (Lipinski definition) is 0. The normalized spacial score (nSPS) is 10.1. The first-order chi connectivity index (χ1) is 7.36. The summed E-state index contributed by atoms with van der Waals surface area (Å²) >= 11 is 5.33. The molecule has 0 aromatic heterocycles. The summed E-state index contributed by atoms with van der Waals surface area (Å²) in [6.07, 6.45) is 0. The van der Waals surface area contributed by atoms with Crippen LogP contribution in [0.2, 0.25) is 0 Å². The van der Waals surface area contributed by atoms with Crippen molar-refractivity contribution < 1.29 is 35.5 Å². The first-order valence-electron chi connectivity index (χ1n) is 4.61. The van der Waals surface area contributed by atoms with Gasteiger partial charge >= 0.3 is 36.5 Å². The molecule has 16 heavy (non-hydrogen) atoms. The van der Waals surface area contributed by atoms with Crippen LogP contribution in [0.4, 0.5) is 0 Å². The molecule has 0 bridgehead atoms. The zero-order chi connectivity index (χ0) is 10.5. The van der Waals surface area contributed by atoms with E-state index in [1.165, 1.54) is 0 Å². The predicted octanol–water partition coefficient (Wildman–Crippen LogP) is 0.366. The summed E-state index contributed by atoms with van der Waals surface area (Å²) < 4.78 is 5.68. The van der Waals surface area contributed by atoms with Gasteiger partial charge in [0.05, 0.1) is 0 Å². The van der Waals surface area contributed by atoms with Crippen LogP contribution in [0, 0.1) is 0 Å². The third kappa shape index (κ3) is 3.97. The molecule has 0 saturated heterocycles. The van der Waals surface area contributed by atoms with Gasteiger partial charge in [-0.25, -0.2) is 0 Å². The molecule has 0 saturated carbocycles. The summed E-state index contributed by atoms with van der Waals surface area (Å²) in [7, 11) is 0. The molecule has 0 radical (unpaired) electrons. The molecule has 1 nitrogen and oxygen atoms in total. The summed E-state index contributed by atoms with van der Waals surface area (Å²) in [5.74, 6) is 0.836. The molecule has 2 aromatic carbocycles. The molecule has 0 aliphatic carbocycles. The molecule has 0 fully saturated rings. The molecule has 0 N–H and O–H groups in total. The Morgan fingerprint density at radius 2 is 1.38 bits per heavy atom. The third-order valence-electron chi connectivity index (χ3n) is 1.90. The minimum absolute atomic E-state index is 0. The van der Waals surface area contributed by atoms with Gasteiger partial charge in [-0.15, -0.1) is 0 Å². The van der Waals surface area contributed by atoms with Gasteiger partial charge in [0.2, 0.25) is 17.1 Å². The zero-order valence-corrected chi connectivity index (χ0v) is 12.7. The van der Waals surface area contributed by atoms with Crippen LogP contribution in [0.15, 0.2) is 60.7 Å². The summed E-state index contributed by atoms with van der Waals surface area (Å²) in [5.41, 5.74) is 0. The molecule has 0 amide bonds. The second-order valence-corrected chi connectivity index (χ2v) is 5.21. The largest absolute Gasteiger partial charge is 1.00 e. The van der Waals surface area contributed by atoms with Crippen molar-refractivity contribution in [3.63, 3.8) is 0 Å². The van der Waals surface area contributed by atoms with Crippen LogP contribution >= 0.6 is 6.92 Å². The average Bonchev–Trinajstić information content (AvgIpc) is 2.31. The number of rotatable bonds is 3. The molecule has 2 aromatic rings. The van der Waals surface area contributed by atoms with Crippen molar-refractivity contribution in [2.45, 2.75) is 0 Å². The monoisotopic (exact) mass is 257 g/mol. The standard InChI is InChI=1S/C12H10OPS.Na.H/c15-14(12-9-5-2-6-10-12)13-11-7-3-1-4-8-11;;/h1-10H;;/q2*+1;-1. The first kappa shape index (κ1) is 13.8. The van der Waals surface area contributed by atoms with Gasteiger partial charge in [0.1, 0.15) is 0 Å². The quantitative estimate of drug-likeness (QED) is 0.580.